The molecule has 0 saturated carbocycles. The van der Waals surface area contributed by atoms with Crippen molar-refractivity contribution in [2.24, 2.45) is 5.92 Å². The van der Waals surface area contributed by atoms with Crippen LogP contribution in [0.1, 0.15) is 44.4 Å². The van der Waals surface area contributed by atoms with Gasteiger partial charge in [-0.1, -0.05) is 45.0 Å². The summed E-state index contributed by atoms with van der Waals surface area (Å²) in [6.07, 6.45) is 0.209. The van der Waals surface area contributed by atoms with Crippen molar-refractivity contribution in [1.29, 1.82) is 0 Å². The van der Waals surface area contributed by atoms with Crippen LogP contribution in [-0.2, 0) is 9.59 Å². The van der Waals surface area contributed by atoms with Gasteiger partial charge >= 0.3 is 0 Å². The minimum Gasteiger partial charge on any atom is -0.503 e. The third-order valence-corrected chi connectivity index (χ3v) is 4.89. The standard InChI is InChI=1S/C24H27NO4/c1-5-20(26)21-22(17-9-11-19(12-10-17)29-14-15(2)3)25(24(28)23(21)27)18-8-6-7-16(4)13-18/h6-13,15,22,27H,5,14H2,1-4H3. The zero-order valence-electron chi connectivity index (χ0n) is 17.3. The van der Waals surface area contributed by atoms with Gasteiger partial charge in [0.25, 0.3) is 5.91 Å². The number of hydrogen-bond donors (Lipinski definition) is 1. The average Bonchev–Trinajstić information content (AvgIpc) is 2.97. The smallest absolute Gasteiger partial charge is 0.294 e. The Labute approximate surface area is 171 Å². The quantitative estimate of drug-likeness (QED) is 0.726. The van der Waals surface area contributed by atoms with E-state index < -0.39 is 17.7 Å². The van der Waals surface area contributed by atoms with Gasteiger partial charge in [0.2, 0.25) is 0 Å². The van der Waals surface area contributed by atoms with Crippen LogP contribution in [0.5, 0.6) is 5.75 Å². The molecule has 0 aliphatic carbocycles. The normalized spacial score (nSPS) is 16.7. The molecule has 29 heavy (non-hydrogen) atoms. The molecule has 0 fully saturated rings. The summed E-state index contributed by atoms with van der Waals surface area (Å²) >= 11 is 0. The number of ketones is 1. The van der Waals surface area contributed by atoms with Crippen LogP contribution in [0.3, 0.4) is 0 Å². The molecule has 1 aliphatic heterocycles. The third kappa shape index (κ3) is 4.19. The second kappa shape index (κ2) is 8.52. The molecular formula is C24H27NO4. The van der Waals surface area contributed by atoms with Gasteiger partial charge in [0.15, 0.2) is 11.5 Å². The molecule has 0 spiro atoms. The lowest BCUT2D eigenvalue weighted by atomic mass is 9.94. The second-order valence-electron chi connectivity index (χ2n) is 7.73. The van der Waals surface area contributed by atoms with E-state index in [1.54, 1.807) is 6.92 Å². The van der Waals surface area contributed by atoms with Crippen molar-refractivity contribution in [3.63, 3.8) is 0 Å². The number of aliphatic hydroxyl groups excluding tert-OH is 1. The number of rotatable bonds is 7. The minimum absolute atomic E-state index is 0.148. The Bertz CT molecular complexity index is 944. The molecule has 1 N–H and O–H groups in total. The number of carbonyl (C=O) groups excluding carboxylic acids is 2. The highest BCUT2D eigenvalue weighted by molar-refractivity contribution is 6.16. The molecular weight excluding hydrogens is 366 g/mol. The van der Waals surface area contributed by atoms with Crippen molar-refractivity contribution in [1.82, 2.24) is 0 Å². The number of aryl methyl sites for hydroxylation is 1. The first-order chi connectivity index (χ1) is 13.8. The minimum atomic E-state index is -0.670. The van der Waals surface area contributed by atoms with Crippen molar-refractivity contribution in [3.05, 3.63) is 71.0 Å². The van der Waals surface area contributed by atoms with Gasteiger partial charge in [-0.2, -0.15) is 0 Å². The summed E-state index contributed by atoms with van der Waals surface area (Å²) in [5, 5.41) is 10.5. The Balaban J connectivity index is 2.04. The SMILES string of the molecule is CCC(=O)C1=C(O)C(=O)N(c2cccc(C)c2)C1c1ccc(OCC(C)C)cc1. The molecule has 1 atom stereocenters. The summed E-state index contributed by atoms with van der Waals surface area (Å²) in [6.45, 7) is 8.42. The van der Waals surface area contributed by atoms with E-state index in [9.17, 15) is 14.7 Å². The van der Waals surface area contributed by atoms with E-state index in [2.05, 4.69) is 13.8 Å². The number of amides is 1. The molecule has 1 heterocycles. The van der Waals surface area contributed by atoms with Gasteiger partial charge in [-0.05, 0) is 48.2 Å². The summed E-state index contributed by atoms with van der Waals surface area (Å²) in [5.74, 6) is -0.129. The summed E-state index contributed by atoms with van der Waals surface area (Å²) in [5.41, 5.74) is 2.53. The molecule has 0 aromatic heterocycles. The van der Waals surface area contributed by atoms with Crippen LogP contribution >= 0.6 is 0 Å². The fraction of sp³-hybridized carbons (Fsp3) is 0.333. The highest BCUT2D eigenvalue weighted by Crippen LogP contribution is 2.41. The van der Waals surface area contributed by atoms with E-state index >= 15 is 0 Å². The van der Waals surface area contributed by atoms with Crippen LogP contribution in [-0.4, -0.2) is 23.4 Å². The highest BCUT2D eigenvalue weighted by Gasteiger charge is 2.43. The molecule has 0 bridgehead atoms. The fourth-order valence-corrected chi connectivity index (χ4v) is 3.45. The maximum Gasteiger partial charge on any atom is 0.294 e. The summed E-state index contributed by atoms with van der Waals surface area (Å²) < 4.78 is 5.74. The number of carbonyl (C=O) groups is 2. The Morgan fingerprint density at radius 1 is 1.17 bits per heavy atom. The largest absolute Gasteiger partial charge is 0.503 e. The molecule has 3 rings (SSSR count). The van der Waals surface area contributed by atoms with Crippen LogP contribution in [0, 0.1) is 12.8 Å². The number of Topliss-reactive ketones (excluding diaryl/α,β-unsaturated/α-hetero) is 1. The van der Waals surface area contributed by atoms with Crippen molar-refractivity contribution in [3.8, 4) is 5.75 Å². The van der Waals surface area contributed by atoms with Crippen LogP contribution in [0.2, 0.25) is 0 Å². The predicted molar refractivity (Wildman–Crippen MR) is 113 cm³/mol. The van der Waals surface area contributed by atoms with Gasteiger partial charge in [0.05, 0.1) is 18.2 Å². The van der Waals surface area contributed by atoms with Crippen molar-refractivity contribution >= 4 is 17.4 Å². The molecule has 0 radical (unpaired) electrons. The maximum absolute atomic E-state index is 12.9. The van der Waals surface area contributed by atoms with Gasteiger partial charge in [-0.25, -0.2) is 0 Å². The van der Waals surface area contributed by atoms with Crippen LogP contribution in [0.25, 0.3) is 0 Å². The molecule has 1 amide bonds. The first kappa shape index (κ1) is 20.6. The Morgan fingerprint density at radius 3 is 2.45 bits per heavy atom. The molecule has 1 unspecified atom stereocenters. The van der Waals surface area contributed by atoms with Gasteiger partial charge in [-0.3, -0.25) is 14.5 Å². The maximum atomic E-state index is 12.9. The lowest BCUT2D eigenvalue weighted by Crippen LogP contribution is -2.31. The number of nitrogens with zero attached hydrogens (tertiary/aromatic N) is 1. The zero-order chi connectivity index (χ0) is 21.1. The first-order valence-electron chi connectivity index (χ1n) is 9.92. The summed E-state index contributed by atoms with van der Waals surface area (Å²) in [6, 6.07) is 14.2. The third-order valence-electron chi connectivity index (χ3n) is 4.89. The van der Waals surface area contributed by atoms with Crippen molar-refractivity contribution in [2.75, 3.05) is 11.5 Å². The first-order valence-corrected chi connectivity index (χ1v) is 9.92. The highest BCUT2D eigenvalue weighted by atomic mass is 16.5. The molecule has 5 heteroatoms. The number of aliphatic hydroxyl groups is 1. The topological polar surface area (TPSA) is 66.8 Å². The van der Waals surface area contributed by atoms with E-state index in [0.29, 0.717) is 18.2 Å². The van der Waals surface area contributed by atoms with E-state index in [1.165, 1.54) is 4.90 Å². The molecule has 2 aromatic rings. The van der Waals surface area contributed by atoms with Crippen LogP contribution in [0.4, 0.5) is 5.69 Å². The van der Waals surface area contributed by atoms with Gasteiger partial charge in [0.1, 0.15) is 5.75 Å². The van der Waals surface area contributed by atoms with Crippen molar-refractivity contribution < 1.29 is 19.4 Å². The molecule has 2 aromatic carbocycles. The molecule has 5 nitrogen and oxygen atoms in total. The van der Waals surface area contributed by atoms with Gasteiger partial charge < -0.3 is 9.84 Å². The molecule has 152 valence electrons. The molecule has 0 saturated heterocycles. The molecule has 1 aliphatic rings. The number of anilines is 1. The van der Waals surface area contributed by atoms with E-state index in [-0.39, 0.29) is 17.8 Å². The van der Waals surface area contributed by atoms with E-state index in [0.717, 1.165) is 16.9 Å². The van der Waals surface area contributed by atoms with E-state index in [1.807, 2.05) is 55.5 Å². The van der Waals surface area contributed by atoms with Gasteiger partial charge in [0, 0.05) is 12.1 Å². The van der Waals surface area contributed by atoms with Crippen molar-refractivity contribution in [2.45, 2.75) is 40.2 Å². The van der Waals surface area contributed by atoms with Gasteiger partial charge in [-0.15, -0.1) is 0 Å². The van der Waals surface area contributed by atoms with Crippen LogP contribution in [0.15, 0.2) is 59.9 Å². The Hall–Kier alpha value is -3.08. The lowest BCUT2D eigenvalue weighted by Gasteiger charge is -2.27. The Morgan fingerprint density at radius 2 is 1.86 bits per heavy atom. The monoisotopic (exact) mass is 393 g/mol. The lowest BCUT2D eigenvalue weighted by molar-refractivity contribution is -0.118. The summed E-state index contributed by atoms with van der Waals surface area (Å²) in [7, 11) is 0. The Kier molecular flexibility index (Phi) is 6.06. The predicted octanol–water partition coefficient (Wildman–Crippen LogP) is 4.91. The number of hydrogen-bond acceptors (Lipinski definition) is 4. The number of benzene rings is 2. The summed E-state index contributed by atoms with van der Waals surface area (Å²) in [4.78, 5) is 27.0. The number of ether oxygens (including phenoxy) is 1. The van der Waals surface area contributed by atoms with Crippen LogP contribution < -0.4 is 9.64 Å². The fourth-order valence-electron chi connectivity index (χ4n) is 3.45. The average molecular weight is 393 g/mol. The second-order valence-corrected chi connectivity index (χ2v) is 7.73. The van der Waals surface area contributed by atoms with E-state index in [4.69, 9.17) is 4.74 Å². The zero-order valence-corrected chi connectivity index (χ0v) is 17.3.